The summed E-state index contributed by atoms with van der Waals surface area (Å²) in [5.41, 5.74) is 0.447. The van der Waals surface area contributed by atoms with E-state index >= 15 is 0 Å². The Morgan fingerprint density at radius 2 is 1.76 bits per heavy atom. The zero-order valence-corrected chi connectivity index (χ0v) is 13.2. The Morgan fingerprint density at radius 1 is 1.19 bits per heavy atom. The first-order valence-electron chi connectivity index (χ1n) is 6.64. The highest BCUT2D eigenvalue weighted by molar-refractivity contribution is 7.89. The van der Waals surface area contributed by atoms with Crippen molar-refractivity contribution in [3.8, 4) is 0 Å². The molecule has 0 saturated carbocycles. The van der Waals surface area contributed by atoms with Crippen molar-refractivity contribution in [1.29, 1.82) is 0 Å². The van der Waals surface area contributed by atoms with E-state index in [4.69, 9.17) is 0 Å². The Morgan fingerprint density at radius 3 is 2.19 bits per heavy atom. The highest BCUT2D eigenvalue weighted by Crippen LogP contribution is 2.17. The van der Waals surface area contributed by atoms with Crippen LogP contribution >= 0.6 is 0 Å². The first kappa shape index (κ1) is 17.3. The van der Waals surface area contributed by atoms with Crippen molar-refractivity contribution in [3.63, 3.8) is 0 Å². The third-order valence-electron chi connectivity index (χ3n) is 2.97. The molecule has 0 radical (unpaired) electrons. The minimum atomic E-state index is -3.75. The molecule has 0 heterocycles. The van der Waals surface area contributed by atoms with Gasteiger partial charge in [0.1, 0.15) is 0 Å². The number of ketones is 1. The fourth-order valence-electron chi connectivity index (χ4n) is 1.78. The van der Waals surface area contributed by atoms with Gasteiger partial charge in [-0.2, -0.15) is 4.31 Å². The van der Waals surface area contributed by atoms with Gasteiger partial charge in [0.25, 0.3) is 0 Å². The van der Waals surface area contributed by atoms with E-state index < -0.39 is 10.0 Å². The molecule has 21 heavy (non-hydrogen) atoms. The number of benzene rings is 1. The van der Waals surface area contributed by atoms with Crippen LogP contribution in [-0.2, 0) is 14.8 Å². The minimum absolute atomic E-state index is 0.0739. The number of sulfonamides is 1. The van der Waals surface area contributed by atoms with Crippen LogP contribution in [0.4, 0.5) is 0 Å². The molecule has 0 aliphatic carbocycles. The molecule has 7 heteroatoms. The first-order valence-corrected chi connectivity index (χ1v) is 8.08. The highest BCUT2D eigenvalue weighted by Gasteiger charge is 2.25. The molecule has 1 aromatic carbocycles. The molecule has 0 aliphatic heterocycles. The zero-order valence-electron chi connectivity index (χ0n) is 12.4. The van der Waals surface area contributed by atoms with Gasteiger partial charge in [-0.25, -0.2) is 8.42 Å². The van der Waals surface area contributed by atoms with E-state index in [9.17, 15) is 18.0 Å². The lowest BCUT2D eigenvalue weighted by atomic mass is 10.2. The molecule has 0 saturated heterocycles. The normalized spacial score (nSPS) is 11.4. The second-order valence-corrected chi connectivity index (χ2v) is 6.53. The predicted molar refractivity (Wildman–Crippen MR) is 79.6 cm³/mol. The predicted octanol–water partition coefficient (Wildman–Crippen LogP) is 1.04. The smallest absolute Gasteiger partial charge is 0.243 e. The summed E-state index contributed by atoms with van der Waals surface area (Å²) in [4.78, 5) is 22.7. The minimum Gasteiger partial charge on any atom is -0.358 e. The lowest BCUT2D eigenvalue weighted by Gasteiger charge is -2.20. The summed E-state index contributed by atoms with van der Waals surface area (Å²) in [6, 6.07) is 5.72. The van der Waals surface area contributed by atoms with E-state index in [0.29, 0.717) is 12.0 Å². The fraction of sp³-hybridized carbons (Fsp3) is 0.429. The number of amides is 1. The molecule has 0 aliphatic rings. The van der Waals surface area contributed by atoms with Gasteiger partial charge in [-0.15, -0.1) is 0 Å². The number of Topliss-reactive ketones (excluding diaryl/α,β-unsaturated/α-hetero) is 1. The quantitative estimate of drug-likeness (QED) is 0.762. The summed E-state index contributed by atoms with van der Waals surface area (Å²) in [5.74, 6) is -0.498. The van der Waals surface area contributed by atoms with Gasteiger partial charge in [0.2, 0.25) is 15.9 Å². The number of nitrogens with zero attached hydrogens (tertiary/aromatic N) is 1. The van der Waals surface area contributed by atoms with Gasteiger partial charge in [0.05, 0.1) is 11.4 Å². The largest absolute Gasteiger partial charge is 0.358 e. The molecule has 6 nitrogen and oxygen atoms in total. The summed E-state index contributed by atoms with van der Waals surface area (Å²) in [6.07, 6.45) is 0.599. The van der Waals surface area contributed by atoms with Gasteiger partial charge in [0.15, 0.2) is 5.78 Å². The third-order valence-corrected chi connectivity index (χ3v) is 4.83. The van der Waals surface area contributed by atoms with Crippen LogP contribution in [0.25, 0.3) is 0 Å². The molecule has 1 amide bonds. The van der Waals surface area contributed by atoms with E-state index in [1.165, 1.54) is 38.2 Å². The van der Waals surface area contributed by atoms with Gasteiger partial charge in [-0.3, -0.25) is 9.59 Å². The summed E-state index contributed by atoms with van der Waals surface area (Å²) in [7, 11) is -2.29. The number of likely N-dealkylation sites (N-methyl/N-ethyl adjacent to an activating group) is 1. The fourth-order valence-corrected chi connectivity index (χ4v) is 3.27. The maximum Gasteiger partial charge on any atom is 0.243 e. The van der Waals surface area contributed by atoms with Crippen molar-refractivity contribution in [2.45, 2.75) is 25.2 Å². The third kappa shape index (κ3) is 4.37. The lowest BCUT2D eigenvalue weighted by molar-refractivity contribution is -0.120. The monoisotopic (exact) mass is 312 g/mol. The Labute approximate surface area is 125 Å². The average molecular weight is 312 g/mol. The van der Waals surface area contributed by atoms with E-state index in [1.807, 2.05) is 6.92 Å². The number of carbonyl (C=O) groups is 2. The summed E-state index contributed by atoms with van der Waals surface area (Å²) < 4.78 is 26.2. The molecule has 1 rings (SSSR count). The van der Waals surface area contributed by atoms with Gasteiger partial charge < -0.3 is 5.32 Å². The van der Waals surface area contributed by atoms with Gasteiger partial charge in [-0.1, -0.05) is 19.1 Å². The van der Waals surface area contributed by atoms with Crippen LogP contribution < -0.4 is 5.32 Å². The summed E-state index contributed by atoms with van der Waals surface area (Å²) in [5, 5.41) is 2.41. The Kier molecular flexibility index (Phi) is 6.04. The SMILES string of the molecule is CCCN(CC(=O)NC)S(=O)(=O)c1ccc(C(C)=O)cc1. The van der Waals surface area contributed by atoms with Gasteiger partial charge in [-0.05, 0) is 25.5 Å². The van der Waals surface area contributed by atoms with Crippen molar-refractivity contribution in [2.75, 3.05) is 20.1 Å². The number of carbonyl (C=O) groups excluding carboxylic acids is 2. The maximum atomic E-state index is 12.5. The van der Waals surface area contributed by atoms with E-state index in [-0.39, 0.29) is 29.7 Å². The average Bonchev–Trinajstić information content (AvgIpc) is 2.46. The zero-order chi connectivity index (χ0) is 16.0. The van der Waals surface area contributed by atoms with Gasteiger partial charge >= 0.3 is 0 Å². The summed E-state index contributed by atoms with van der Waals surface area (Å²) >= 11 is 0. The molecule has 0 spiro atoms. The van der Waals surface area contributed by atoms with E-state index in [1.54, 1.807) is 0 Å². The van der Waals surface area contributed by atoms with Crippen molar-refractivity contribution < 1.29 is 18.0 Å². The number of hydrogen-bond acceptors (Lipinski definition) is 4. The summed E-state index contributed by atoms with van der Waals surface area (Å²) in [6.45, 7) is 3.29. The molecular formula is C14H20N2O4S. The molecule has 0 bridgehead atoms. The van der Waals surface area contributed by atoms with Crippen molar-refractivity contribution in [1.82, 2.24) is 9.62 Å². The second kappa shape index (κ2) is 7.33. The van der Waals surface area contributed by atoms with E-state index in [0.717, 1.165) is 4.31 Å². The van der Waals surface area contributed by atoms with Crippen LogP contribution in [0, 0.1) is 0 Å². The molecule has 116 valence electrons. The Balaban J connectivity index is 3.09. The van der Waals surface area contributed by atoms with Crippen LogP contribution in [0.15, 0.2) is 29.2 Å². The number of nitrogens with one attached hydrogen (secondary N) is 1. The standard InChI is InChI=1S/C14H20N2O4S/c1-4-9-16(10-14(18)15-3)21(19,20)13-7-5-12(6-8-13)11(2)17/h5-8H,4,9-10H2,1-3H3,(H,15,18). The Bertz CT molecular complexity index is 608. The molecule has 1 aromatic rings. The molecule has 0 atom stereocenters. The molecule has 0 fully saturated rings. The van der Waals surface area contributed by atoms with Crippen LogP contribution in [0.2, 0.25) is 0 Å². The maximum absolute atomic E-state index is 12.5. The van der Waals surface area contributed by atoms with Crippen LogP contribution in [0.5, 0.6) is 0 Å². The van der Waals surface area contributed by atoms with Crippen LogP contribution in [0.3, 0.4) is 0 Å². The lowest BCUT2D eigenvalue weighted by Crippen LogP contribution is -2.40. The second-order valence-electron chi connectivity index (χ2n) is 4.59. The van der Waals surface area contributed by atoms with Crippen molar-refractivity contribution in [2.24, 2.45) is 0 Å². The molecule has 0 aromatic heterocycles. The van der Waals surface area contributed by atoms with Crippen molar-refractivity contribution in [3.05, 3.63) is 29.8 Å². The van der Waals surface area contributed by atoms with Crippen LogP contribution in [0.1, 0.15) is 30.6 Å². The number of hydrogen-bond donors (Lipinski definition) is 1. The topological polar surface area (TPSA) is 83.6 Å². The number of rotatable bonds is 7. The Hall–Kier alpha value is -1.73. The highest BCUT2D eigenvalue weighted by atomic mass is 32.2. The van der Waals surface area contributed by atoms with Crippen molar-refractivity contribution >= 4 is 21.7 Å². The molecule has 1 N–H and O–H groups in total. The molecule has 0 unspecified atom stereocenters. The first-order chi connectivity index (χ1) is 9.82. The van der Waals surface area contributed by atoms with E-state index in [2.05, 4.69) is 5.32 Å². The molecular weight excluding hydrogens is 292 g/mol. The van der Waals surface area contributed by atoms with Gasteiger partial charge in [0, 0.05) is 19.2 Å². The van der Waals surface area contributed by atoms with Crippen LogP contribution in [-0.4, -0.2) is 44.6 Å².